The number of carbonyl (C=O) groups excluding carboxylic acids is 1. The highest BCUT2D eigenvalue weighted by molar-refractivity contribution is 5.93. The number of rotatable bonds is 12. The first-order chi connectivity index (χ1) is 19.2. The molecule has 4 rings (SSSR count). The predicted octanol–water partition coefficient (Wildman–Crippen LogP) is 3.92. The SMILES string of the molecule is COC[C@@H](NC(=O)c1cc(OCc2ccc(OC)cc2)nc(N2CC(OC)C2)n1)c1ccc(OC(F)(F)F)cc1. The Hall–Kier alpha value is -4.10. The maximum Gasteiger partial charge on any atom is 0.573 e. The van der Waals surface area contributed by atoms with E-state index in [1.165, 1.54) is 37.4 Å². The van der Waals surface area contributed by atoms with Gasteiger partial charge in [0.1, 0.15) is 23.8 Å². The third-order valence-electron chi connectivity index (χ3n) is 6.09. The number of alkyl halides is 3. The van der Waals surface area contributed by atoms with Crippen LogP contribution < -0.4 is 24.4 Å². The van der Waals surface area contributed by atoms with Crippen molar-refractivity contribution in [3.8, 4) is 17.4 Å². The maximum atomic E-state index is 13.3. The molecule has 0 radical (unpaired) electrons. The maximum absolute atomic E-state index is 13.3. The van der Waals surface area contributed by atoms with Gasteiger partial charge in [0.25, 0.3) is 5.91 Å². The Morgan fingerprint density at radius 2 is 1.70 bits per heavy atom. The van der Waals surface area contributed by atoms with Crippen LogP contribution in [0.15, 0.2) is 54.6 Å². The van der Waals surface area contributed by atoms with Gasteiger partial charge in [0, 0.05) is 33.4 Å². The molecule has 214 valence electrons. The predicted molar refractivity (Wildman–Crippen MR) is 138 cm³/mol. The van der Waals surface area contributed by atoms with Crippen LogP contribution in [0.3, 0.4) is 0 Å². The zero-order chi connectivity index (χ0) is 28.7. The van der Waals surface area contributed by atoms with E-state index >= 15 is 0 Å². The molecular weight excluding hydrogens is 533 g/mol. The largest absolute Gasteiger partial charge is 0.573 e. The number of aromatic nitrogens is 2. The van der Waals surface area contributed by atoms with Crippen LogP contribution in [0, 0.1) is 0 Å². The van der Waals surface area contributed by atoms with Gasteiger partial charge >= 0.3 is 6.36 Å². The van der Waals surface area contributed by atoms with Crippen LogP contribution in [0.5, 0.6) is 17.4 Å². The number of hydrogen-bond acceptors (Lipinski definition) is 9. The molecule has 1 N–H and O–H groups in total. The molecule has 1 amide bonds. The number of amides is 1. The molecule has 1 aliphatic rings. The normalized spacial score (nSPS) is 14.3. The van der Waals surface area contributed by atoms with Crippen molar-refractivity contribution in [2.24, 2.45) is 0 Å². The topological polar surface area (TPSA) is 104 Å². The number of ether oxygens (including phenoxy) is 5. The van der Waals surface area contributed by atoms with Crippen molar-refractivity contribution in [2.75, 3.05) is 45.9 Å². The number of benzene rings is 2. The van der Waals surface area contributed by atoms with Crippen LogP contribution in [-0.2, 0) is 16.1 Å². The molecule has 0 unspecified atom stereocenters. The minimum Gasteiger partial charge on any atom is -0.497 e. The Balaban J connectivity index is 1.52. The van der Waals surface area contributed by atoms with Crippen molar-refractivity contribution in [3.05, 3.63) is 71.4 Å². The lowest BCUT2D eigenvalue weighted by Crippen LogP contribution is -2.52. The smallest absolute Gasteiger partial charge is 0.497 e. The molecule has 0 aliphatic carbocycles. The van der Waals surface area contributed by atoms with Crippen LogP contribution >= 0.6 is 0 Å². The van der Waals surface area contributed by atoms with E-state index in [2.05, 4.69) is 20.0 Å². The summed E-state index contributed by atoms with van der Waals surface area (Å²) in [6.07, 6.45) is -4.78. The monoisotopic (exact) mass is 562 g/mol. The van der Waals surface area contributed by atoms with Crippen LogP contribution in [0.1, 0.15) is 27.7 Å². The molecule has 0 spiro atoms. The molecule has 1 atom stereocenters. The fourth-order valence-corrected chi connectivity index (χ4v) is 3.90. The van der Waals surface area contributed by atoms with Gasteiger partial charge in [0.2, 0.25) is 11.8 Å². The zero-order valence-electron chi connectivity index (χ0n) is 22.1. The highest BCUT2D eigenvalue weighted by Crippen LogP contribution is 2.26. The summed E-state index contributed by atoms with van der Waals surface area (Å²) in [5, 5.41) is 2.82. The summed E-state index contributed by atoms with van der Waals surface area (Å²) in [6.45, 7) is 1.36. The molecular formula is C27H29F3N4O6. The van der Waals surface area contributed by atoms with E-state index in [-0.39, 0.29) is 36.6 Å². The summed E-state index contributed by atoms with van der Waals surface area (Å²) >= 11 is 0. The summed E-state index contributed by atoms with van der Waals surface area (Å²) in [4.78, 5) is 24.1. The van der Waals surface area contributed by atoms with Crippen molar-refractivity contribution in [1.82, 2.24) is 15.3 Å². The molecule has 0 saturated carbocycles. The summed E-state index contributed by atoms with van der Waals surface area (Å²) < 4.78 is 63.1. The summed E-state index contributed by atoms with van der Waals surface area (Å²) in [6, 6.07) is 13.3. The van der Waals surface area contributed by atoms with E-state index in [1.807, 2.05) is 29.2 Å². The fraction of sp³-hybridized carbons (Fsp3) is 0.370. The van der Waals surface area contributed by atoms with Gasteiger partial charge in [-0.3, -0.25) is 4.79 Å². The Bertz CT molecular complexity index is 1270. The second-order valence-corrected chi connectivity index (χ2v) is 8.89. The number of methoxy groups -OCH3 is 3. The lowest BCUT2D eigenvalue weighted by Gasteiger charge is -2.38. The molecule has 1 saturated heterocycles. The van der Waals surface area contributed by atoms with Crippen LogP contribution in [-0.4, -0.2) is 69.4 Å². The van der Waals surface area contributed by atoms with E-state index < -0.39 is 18.3 Å². The van der Waals surface area contributed by atoms with Crippen LogP contribution in [0.2, 0.25) is 0 Å². The Morgan fingerprint density at radius 3 is 2.30 bits per heavy atom. The Kier molecular flexibility index (Phi) is 9.27. The van der Waals surface area contributed by atoms with E-state index in [0.717, 1.165) is 5.56 Å². The van der Waals surface area contributed by atoms with Crippen LogP contribution in [0.25, 0.3) is 0 Å². The van der Waals surface area contributed by atoms with Gasteiger partial charge in [-0.15, -0.1) is 13.2 Å². The lowest BCUT2D eigenvalue weighted by molar-refractivity contribution is -0.274. The van der Waals surface area contributed by atoms with Gasteiger partial charge in [-0.1, -0.05) is 24.3 Å². The van der Waals surface area contributed by atoms with E-state index in [4.69, 9.17) is 18.9 Å². The first-order valence-corrected chi connectivity index (χ1v) is 12.3. The average molecular weight is 563 g/mol. The fourth-order valence-electron chi connectivity index (χ4n) is 3.90. The van der Waals surface area contributed by atoms with Crippen molar-refractivity contribution < 1.29 is 41.7 Å². The minimum atomic E-state index is -4.81. The van der Waals surface area contributed by atoms with E-state index in [1.54, 1.807) is 14.2 Å². The summed E-state index contributed by atoms with van der Waals surface area (Å²) in [5.41, 5.74) is 1.43. The molecule has 1 fully saturated rings. The number of nitrogens with one attached hydrogen (secondary N) is 1. The third kappa shape index (κ3) is 7.73. The number of hydrogen-bond donors (Lipinski definition) is 1. The highest BCUT2D eigenvalue weighted by atomic mass is 19.4. The van der Waals surface area contributed by atoms with E-state index in [9.17, 15) is 18.0 Å². The number of nitrogens with zero attached hydrogens (tertiary/aromatic N) is 3. The third-order valence-corrected chi connectivity index (χ3v) is 6.09. The van der Waals surface area contributed by atoms with Crippen molar-refractivity contribution in [1.29, 1.82) is 0 Å². The van der Waals surface area contributed by atoms with E-state index in [0.29, 0.717) is 30.4 Å². The first-order valence-electron chi connectivity index (χ1n) is 12.3. The lowest BCUT2D eigenvalue weighted by atomic mass is 10.1. The molecule has 2 heterocycles. The molecule has 2 aromatic carbocycles. The van der Waals surface area contributed by atoms with Crippen molar-refractivity contribution >= 4 is 11.9 Å². The molecule has 0 bridgehead atoms. The van der Waals surface area contributed by atoms with Gasteiger partial charge in [0.15, 0.2) is 0 Å². The van der Waals surface area contributed by atoms with Crippen molar-refractivity contribution in [2.45, 2.75) is 25.1 Å². The molecule has 40 heavy (non-hydrogen) atoms. The second-order valence-electron chi connectivity index (χ2n) is 8.89. The molecule has 1 aromatic heterocycles. The number of halogens is 3. The minimum absolute atomic E-state index is 0.0279. The van der Waals surface area contributed by atoms with Gasteiger partial charge in [-0.2, -0.15) is 4.98 Å². The Morgan fingerprint density at radius 1 is 1.02 bits per heavy atom. The van der Waals surface area contributed by atoms with Crippen molar-refractivity contribution in [3.63, 3.8) is 0 Å². The standard InChI is InChI=1S/C27H29F3N4O6/c1-36-16-23(18-6-10-20(11-7-18)40-27(28,29)30)31-25(35)22-12-24(33-26(32-22)34-13-21(14-34)38-3)39-15-17-4-8-19(37-2)9-5-17/h4-12,21,23H,13-16H2,1-3H3,(H,31,35)/t23-/m1/s1. The first kappa shape index (κ1) is 28.9. The summed E-state index contributed by atoms with van der Waals surface area (Å²) in [7, 11) is 4.65. The van der Waals surface area contributed by atoms with Gasteiger partial charge in [0.05, 0.1) is 25.9 Å². The molecule has 10 nitrogen and oxygen atoms in total. The summed E-state index contributed by atoms with van der Waals surface area (Å²) in [5.74, 6) is 0.304. The highest BCUT2D eigenvalue weighted by Gasteiger charge is 2.32. The quantitative estimate of drug-likeness (QED) is 0.352. The molecule has 3 aromatic rings. The van der Waals surface area contributed by atoms with Crippen LogP contribution in [0.4, 0.5) is 19.1 Å². The second kappa shape index (κ2) is 12.8. The van der Waals surface area contributed by atoms with Gasteiger partial charge in [-0.25, -0.2) is 4.98 Å². The zero-order valence-corrected chi connectivity index (χ0v) is 22.1. The number of carbonyl (C=O) groups is 1. The van der Waals surface area contributed by atoms with Gasteiger partial charge < -0.3 is 33.9 Å². The average Bonchev–Trinajstić information content (AvgIpc) is 2.91. The Labute approximate surface area is 229 Å². The molecule has 1 aliphatic heterocycles. The number of anilines is 1. The van der Waals surface area contributed by atoms with Gasteiger partial charge in [-0.05, 0) is 35.4 Å². The molecule has 13 heteroatoms.